The minimum Gasteiger partial charge on any atom is -0.443 e. The molecule has 0 amide bonds. The summed E-state index contributed by atoms with van der Waals surface area (Å²) in [7, 11) is 0. The molecule has 1 atom stereocenters. The maximum atomic E-state index is 12.4. The van der Waals surface area contributed by atoms with E-state index in [4.69, 9.17) is 10.5 Å². The zero-order valence-corrected chi connectivity index (χ0v) is 14.2. The Bertz CT molecular complexity index is 860. The van der Waals surface area contributed by atoms with Gasteiger partial charge in [0.2, 0.25) is 0 Å². The summed E-state index contributed by atoms with van der Waals surface area (Å²) in [6.45, 7) is 5.56. The van der Waals surface area contributed by atoms with E-state index in [1.54, 1.807) is 6.20 Å². The largest absolute Gasteiger partial charge is 0.443 e. The van der Waals surface area contributed by atoms with E-state index in [9.17, 15) is 4.79 Å². The van der Waals surface area contributed by atoms with Crippen LogP contribution in [0.4, 0.5) is 4.79 Å². The molecule has 0 spiro atoms. The second-order valence-electron chi connectivity index (χ2n) is 6.83. The van der Waals surface area contributed by atoms with Gasteiger partial charge in [-0.25, -0.2) is 4.79 Å². The van der Waals surface area contributed by atoms with Gasteiger partial charge in [0.05, 0.1) is 11.6 Å². The molecule has 1 heterocycles. The average Bonchev–Trinajstić information content (AvgIpc) is 2.97. The number of fused-ring (bicyclic) bond motifs is 1. The Labute approximate surface area is 141 Å². The van der Waals surface area contributed by atoms with Crippen molar-refractivity contribution in [2.75, 3.05) is 0 Å². The first kappa shape index (κ1) is 16.3. The van der Waals surface area contributed by atoms with E-state index in [2.05, 4.69) is 0 Å². The van der Waals surface area contributed by atoms with Gasteiger partial charge >= 0.3 is 6.09 Å². The fraction of sp³-hybridized carbons (Fsp3) is 0.250. The van der Waals surface area contributed by atoms with Crippen LogP contribution < -0.4 is 5.73 Å². The van der Waals surface area contributed by atoms with E-state index >= 15 is 0 Å². The molecule has 0 saturated heterocycles. The highest BCUT2D eigenvalue weighted by atomic mass is 16.6. The van der Waals surface area contributed by atoms with Gasteiger partial charge in [-0.2, -0.15) is 0 Å². The van der Waals surface area contributed by atoms with Gasteiger partial charge in [0.15, 0.2) is 0 Å². The number of carbonyl (C=O) groups excluding carboxylic acids is 1. The van der Waals surface area contributed by atoms with Crippen molar-refractivity contribution in [1.29, 1.82) is 0 Å². The molecule has 1 aromatic heterocycles. The predicted octanol–water partition coefficient (Wildman–Crippen LogP) is 4.47. The topological polar surface area (TPSA) is 57.2 Å². The number of hydrogen-bond donors (Lipinski definition) is 1. The van der Waals surface area contributed by atoms with Crippen LogP contribution in [-0.4, -0.2) is 16.3 Å². The van der Waals surface area contributed by atoms with Gasteiger partial charge in [-0.15, -0.1) is 0 Å². The van der Waals surface area contributed by atoms with Crippen LogP contribution in [0.15, 0.2) is 60.8 Å². The summed E-state index contributed by atoms with van der Waals surface area (Å²) in [6.07, 6.45) is 1.35. The Morgan fingerprint density at radius 1 is 1.04 bits per heavy atom. The van der Waals surface area contributed by atoms with Crippen molar-refractivity contribution in [3.05, 3.63) is 71.9 Å². The molecular formula is C20H22N2O2. The van der Waals surface area contributed by atoms with Crippen LogP contribution in [-0.2, 0) is 4.74 Å². The molecule has 4 nitrogen and oxygen atoms in total. The summed E-state index contributed by atoms with van der Waals surface area (Å²) >= 11 is 0. The highest BCUT2D eigenvalue weighted by Crippen LogP contribution is 2.28. The molecule has 3 aromatic rings. The Morgan fingerprint density at radius 3 is 2.42 bits per heavy atom. The molecule has 0 saturated carbocycles. The average molecular weight is 322 g/mol. The number of rotatable bonds is 2. The SMILES string of the molecule is CC(C)(C)OC(=O)n1ccc2c([C@@H](N)c3ccccc3)cccc21. The van der Waals surface area contributed by atoms with Gasteiger partial charge in [0.25, 0.3) is 0 Å². The maximum Gasteiger partial charge on any atom is 0.418 e. The van der Waals surface area contributed by atoms with E-state index in [-0.39, 0.29) is 12.1 Å². The molecule has 0 radical (unpaired) electrons. The lowest BCUT2D eigenvalue weighted by Gasteiger charge is -2.20. The fourth-order valence-electron chi connectivity index (χ4n) is 2.77. The minimum atomic E-state index is -0.536. The quantitative estimate of drug-likeness (QED) is 0.757. The first-order valence-corrected chi connectivity index (χ1v) is 8.01. The minimum absolute atomic E-state index is 0.246. The molecule has 2 aromatic carbocycles. The van der Waals surface area contributed by atoms with Gasteiger partial charge in [-0.05, 0) is 44.0 Å². The first-order chi connectivity index (χ1) is 11.4. The summed E-state index contributed by atoms with van der Waals surface area (Å²) in [5.41, 5.74) is 8.73. The lowest BCUT2D eigenvalue weighted by molar-refractivity contribution is 0.0544. The summed E-state index contributed by atoms with van der Waals surface area (Å²) < 4.78 is 7.00. The zero-order chi connectivity index (χ0) is 17.3. The van der Waals surface area contributed by atoms with Crippen molar-refractivity contribution in [2.45, 2.75) is 32.4 Å². The van der Waals surface area contributed by atoms with Crippen molar-refractivity contribution in [3.63, 3.8) is 0 Å². The molecule has 0 bridgehead atoms. The van der Waals surface area contributed by atoms with Crippen LogP contribution in [0.5, 0.6) is 0 Å². The third-order valence-electron chi connectivity index (χ3n) is 3.85. The van der Waals surface area contributed by atoms with Gasteiger partial charge in [-0.1, -0.05) is 42.5 Å². The summed E-state index contributed by atoms with van der Waals surface area (Å²) in [5, 5.41) is 0.958. The molecule has 0 aliphatic heterocycles. The summed E-state index contributed by atoms with van der Waals surface area (Å²) in [4.78, 5) is 12.4. The number of nitrogens with two attached hydrogens (primary N) is 1. The monoisotopic (exact) mass is 322 g/mol. The molecular weight excluding hydrogens is 300 g/mol. The van der Waals surface area contributed by atoms with E-state index in [1.165, 1.54) is 4.57 Å². The second kappa shape index (κ2) is 6.13. The van der Waals surface area contributed by atoms with Gasteiger partial charge in [-0.3, -0.25) is 4.57 Å². The molecule has 0 aliphatic carbocycles. The summed E-state index contributed by atoms with van der Waals surface area (Å²) in [5.74, 6) is 0. The predicted molar refractivity (Wildman–Crippen MR) is 96.0 cm³/mol. The van der Waals surface area contributed by atoms with Crippen molar-refractivity contribution < 1.29 is 9.53 Å². The van der Waals surface area contributed by atoms with Crippen LogP contribution in [0.1, 0.15) is 37.9 Å². The third-order valence-corrected chi connectivity index (χ3v) is 3.85. The zero-order valence-electron chi connectivity index (χ0n) is 14.2. The van der Waals surface area contributed by atoms with Crippen LogP contribution in [0.2, 0.25) is 0 Å². The lowest BCUT2D eigenvalue weighted by Crippen LogP contribution is -2.26. The van der Waals surface area contributed by atoms with Crippen LogP contribution in [0, 0.1) is 0 Å². The Morgan fingerprint density at radius 2 is 1.75 bits per heavy atom. The Balaban J connectivity index is 2.02. The molecule has 24 heavy (non-hydrogen) atoms. The maximum absolute atomic E-state index is 12.4. The Kier molecular flexibility index (Phi) is 4.16. The van der Waals surface area contributed by atoms with Crippen molar-refractivity contribution in [1.82, 2.24) is 4.57 Å². The molecule has 4 heteroatoms. The third kappa shape index (κ3) is 3.19. The van der Waals surface area contributed by atoms with E-state index < -0.39 is 5.60 Å². The van der Waals surface area contributed by atoms with Crippen molar-refractivity contribution >= 4 is 17.0 Å². The van der Waals surface area contributed by atoms with Crippen LogP contribution in [0.25, 0.3) is 10.9 Å². The van der Waals surface area contributed by atoms with E-state index in [1.807, 2.05) is 75.4 Å². The van der Waals surface area contributed by atoms with E-state index in [0.29, 0.717) is 0 Å². The number of hydrogen-bond acceptors (Lipinski definition) is 3. The number of aromatic nitrogens is 1. The molecule has 3 rings (SSSR count). The smallest absolute Gasteiger partial charge is 0.418 e. The molecule has 0 fully saturated rings. The Hall–Kier alpha value is -2.59. The number of benzene rings is 2. The number of nitrogens with zero attached hydrogens (tertiary/aromatic N) is 1. The first-order valence-electron chi connectivity index (χ1n) is 8.01. The molecule has 0 unspecified atom stereocenters. The van der Waals surface area contributed by atoms with Gasteiger partial charge in [0.1, 0.15) is 5.60 Å². The molecule has 2 N–H and O–H groups in total. The second-order valence-corrected chi connectivity index (χ2v) is 6.83. The number of ether oxygens (including phenoxy) is 1. The summed E-state index contributed by atoms with van der Waals surface area (Å²) in [6, 6.07) is 17.4. The van der Waals surface area contributed by atoms with Crippen molar-refractivity contribution in [3.8, 4) is 0 Å². The fourth-order valence-corrected chi connectivity index (χ4v) is 2.77. The van der Waals surface area contributed by atoms with E-state index in [0.717, 1.165) is 22.0 Å². The standard InChI is InChI=1S/C20H22N2O2/c1-20(2,3)24-19(23)22-13-12-15-16(10-7-11-17(15)22)18(21)14-8-5-4-6-9-14/h4-13,18H,21H2,1-3H3/t18-/m0/s1. The number of carbonyl (C=O) groups is 1. The lowest BCUT2D eigenvalue weighted by atomic mass is 9.97. The normalized spacial score (nSPS) is 13.0. The highest BCUT2D eigenvalue weighted by molar-refractivity contribution is 5.92. The van der Waals surface area contributed by atoms with Gasteiger partial charge < -0.3 is 10.5 Å². The van der Waals surface area contributed by atoms with Gasteiger partial charge in [0, 0.05) is 11.6 Å². The van der Waals surface area contributed by atoms with Crippen LogP contribution >= 0.6 is 0 Å². The van der Waals surface area contributed by atoms with Crippen molar-refractivity contribution in [2.24, 2.45) is 5.73 Å². The molecule has 124 valence electrons. The highest BCUT2D eigenvalue weighted by Gasteiger charge is 2.20. The van der Waals surface area contributed by atoms with Crippen LogP contribution in [0.3, 0.4) is 0 Å². The molecule has 0 aliphatic rings.